The zero-order valence-corrected chi connectivity index (χ0v) is 18.4. The molecule has 3 N–H and O–H groups in total. The number of carbonyl (C=O) groups is 3. The monoisotopic (exact) mass is 440 g/mol. The van der Waals surface area contributed by atoms with Crippen molar-refractivity contribution >= 4 is 23.5 Å². The van der Waals surface area contributed by atoms with E-state index in [9.17, 15) is 19.5 Å². The van der Waals surface area contributed by atoms with E-state index in [1.54, 1.807) is 23.0 Å². The highest BCUT2D eigenvalue weighted by Crippen LogP contribution is 2.57. The molecule has 9 nitrogen and oxygen atoms in total. The van der Waals surface area contributed by atoms with E-state index in [0.717, 1.165) is 24.0 Å². The minimum Gasteiger partial charge on any atom is -0.481 e. The van der Waals surface area contributed by atoms with E-state index >= 15 is 0 Å². The minimum absolute atomic E-state index is 0.0800. The number of rotatable bonds is 7. The van der Waals surface area contributed by atoms with Gasteiger partial charge in [-0.3, -0.25) is 19.1 Å². The van der Waals surface area contributed by atoms with Crippen molar-refractivity contribution in [1.29, 1.82) is 0 Å². The molecule has 9 heteroatoms. The van der Waals surface area contributed by atoms with Crippen LogP contribution < -0.4 is 10.6 Å². The highest BCUT2D eigenvalue weighted by Gasteiger charge is 2.57. The lowest BCUT2D eigenvalue weighted by Gasteiger charge is -2.26. The zero-order valence-electron chi connectivity index (χ0n) is 18.4. The predicted octanol–water partition coefficient (Wildman–Crippen LogP) is 3.06. The number of anilines is 1. The molecular formula is C23H28N4O5. The van der Waals surface area contributed by atoms with Gasteiger partial charge in [-0.1, -0.05) is 11.1 Å². The summed E-state index contributed by atoms with van der Waals surface area (Å²) in [6.45, 7) is 6.54. The number of aromatic nitrogens is 2. The third-order valence-corrected chi connectivity index (χ3v) is 6.57. The number of hydrogen-bond acceptors (Lipinski definition) is 5. The molecule has 2 aromatic heterocycles. The fourth-order valence-corrected chi connectivity index (χ4v) is 5.33. The van der Waals surface area contributed by atoms with Crippen molar-refractivity contribution in [2.45, 2.75) is 46.7 Å². The van der Waals surface area contributed by atoms with E-state index in [1.807, 2.05) is 20.8 Å². The maximum atomic E-state index is 13.3. The van der Waals surface area contributed by atoms with Crippen LogP contribution in [0.1, 0.15) is 49.9 Å². The lowest BCUT2D eigenvalue weighted by Crippen LogP contribution is -2.38. The van der Waals surface area contributed by atoms with Crippen LogP contribution >= 0.6 is 0 Å². The standard InChI is InChI=1S/C23H28N4O5/c1-4-27-11-16(20(26-27)22(29)24-10-13-6-5-9-32-13)25-21(28)18-14-7-8-15(17(14)12(2)3)19(18)23(30)31/h5-6,9,11,14-15,18-19H,4,7-8,10H2,1-3H3,(H,24,29)(H,25,28)(H,30,31)/t14-,15-,18+,19+/m1/s1. The van der Waals surface area contributed by atoms with E-state index < -0.39 is 23.7 Å². The van der Waals surface area contributed by atoms with Crippen LogP contribution in [-0.4, -0.2) is 32.7 Å². The van der Waals surface area contributed by atoms with Crippen molar-refractivity contribution in [3.05, 3.63) is 47.2 Å². The summed E-state index contributed by atoms with van der Waals surface area (Å²) in [5.41, 5.74) is 2.57. The van der Waals surface area contributed by atoms with Gasteiger partial charge >= 0.3 is 5.97 Å². The molecule has 2 aromatic rings. The molecule has 2 amide bonds. The molecule has 0 spiro atoms. The summed E-state index contributed by atoms with van der Waals surface area (Å²) in [7, 11) is 0. The van der Waals surface area contributed by atoms with Gasteiger partial charge in [0.15, 0.2) is 5.69 Å². The molecule has 0 unspecified atom stereocenters. The van der Waals surface area contributed by atoms with Gasteiger partial charge in [-0.2, -0.15) is 5.10 Å². The Kier molecular flexibility index (Phi) is 5.90. The van der Waals surface area contributed by atoms with Gasteiger partial charge in [0.1, 0.15) is 5.76 Å². The van der Waals surface area contributed by atoms with Crippen LogP contribution in [0.2, 0.25) is 0 Å². The molecule has 0 aliphatic heterocycles. The predicted molar refractivity (Wildman–Crippen MR) is 116 cm³/mol. The van der Waals surface area contributed by atoms with Crippen LogP contribution in [0.4, 0.5) is 5.69 Å². The second-order valence-electron chi connectivity index (χ2n) is 8.63. The van der Waals surface area contributed by atoms with Gasteiger partial charge in [0, 0.05) is 12.7 Å². The van der Waals surface area contributed by atoms with Gasteiger partial charge in [0.25, 0.3) is 5.91 Å². The van der Waals surface area contributed by atoms with Crippen molar-refractivity contribution in [3.8, 4) is 0 Å². The number of furan rings is 1. The summed E-state index contributed by atoms with van der Waals surface area (Å²) in [6, 6.07) is 3.48. The van der Waals surface area contributed by atoms with Crippen molar-refractivity contribution in [2.75, 3.05) is 5.32 Å². The summed E-state index contributed by atoms with van der Waals surface area (Å²) < 4.78 is 6.79. The highest BCUT2D eigenvalue weighted by molar-refractivity contribution is 6.03. The molecule has 2 aliphatic rings. The highest BCUT2D eigenvalue weighted by atomic mass is 16.4. The molecule has 0 saturated heterocycles. The number of nitrogens with zero attached hydrogens (tertiary/aromatic N) is 2. The first kappa shape index (κ1) is 21.9. The molecule has 2 heterocycles. The number of nitrogens with one attached hydrogen (secondary N) is 2. The van der Waals surface area contributed by atoms with Gasteiger partial charge in [-0.25, -0.2) is 0 Å². The number of carboxylic acid groups (broad SMARTS) is 1. The average molecular weight is 441 g/mol. The second kappa shape index (κ2) is 8.64. The largest absolute Gasteiger partial charge is 0.481 e. The van der Waals surface area contributed by atoms with E-state index in [0.29, 0.717) is 12.3 Å². The molecule has 2 fully saturated rings. The summed E-state index contributed by atoms with van der Waals surface area (Å²) in [5, 5.41) is 19.7. The molecule has 0 aromatic carbocycles. The summed E-state index contributed by atoms with van der Waals surface area (Å²) >= 11 is 0. The normalized spacial score (nSPS) is 23.9. The smallest absolute Gasteiger partial charge is 0.307 e. The van der Waals surface area contributed by atoms with Gasteiger partial charge in [-0.15, -0.1) is 0 Å². The zero-order chi connectivity index (χ0) is 23.0. The first-order valence-corrected chi connectivity index (χ1v) is 10.9. The maximum absolute atomic E-state index is 13.3. The Morgan fingerprint density at radius 2 is 1.94 bits per heavy atom. The summed E-state index contributed by atoms with van der Waals surface area (Å²) in [6.07, 6.45) is 4.72. The third-order valence-electron chi connectivity index (χ3n) is 6.57. The first-order valence-electron chi connectivity index (χ1n) is 10.9. The van der Waals surface area contributed by atoms with Crippen LogP contribution in [0, 0.1) is 23.7 Å². The molecule has 2 aliphatic carbocycles. The number of carboxylic acids is 1. The summed E-state index contributed by atoms with van der Waals surface area (Å²) in [5.74, 6) is -2.78. The molecule has 0 radical (unpaired) electrons. The van der Waals surface area contributed by atoms with Gasteiger partial charge < -0.3 is 20.2 Å². The SMILES string of the molecule is CCn1cc(NC(=O)[C@@H]2[C@@H](C(=O)O)[C@@H]3CC[C@@H]2C3=C(C)C)c(C(=O)NCc2ccco2)n1. The number of allylic oxidation sites excluding steroid dienone is 2. The van der Waals surface area contributed by atoms with E-state index in [2.05, 4.69) is 15.7 Å². The third kappa shape index (κ3) is 3.83. The van der Waals surface area contributed by atoms with E-state index in [1.165, 1.54) is 6.26 Å². The van der Waals surface area contributed by atoms with Crippen LogP contribution in [0.25, 0.3) is 0 Å². The van der Waals surface area contributed by atoms with Crippen LogP contribution in [0.3, 0.4) is 0 Å². The van der Waals surface area contributed by atoms with Crippen LogP contribution in [-0.2, 0) is 22.7 Å². The van der Waals surface area contributed by atoms with Crippen molar-refractivity contribution in [3.63, 3.8) is 0 Å². The van der Waals surface area contributed by atoms with Gasteiger partial charge in [-0.05, 0) is 57.6 Å². The van der Waals surface area contributed by atoms with Gasteiger partial charge in [0.05, 0.1) is 30.3 Å². The average Bonchev–Trinajstić information content (AvgIpc) is 3.53. The number of carbonyl (C=O) groups excluding carboxylic acids is 2. The molecule has 32 heavy (non-hydrogen) atoms. The Labute approximate surface area is 185 Å². The Morgan fingerprint density at radius 3 is 2.53 bits per heavy atom. The minimum atomic E-state index is -0.947. The lowest BCUT2D eigenvalue weighted by atomic mass is 9.78. The molecule has 4 atom stereocenters. The Morgan fingerprint density at radius 1 is 1.22 bits per heavy atom. The Balaban J connectivity index is 1.56. The van der Waals surface area contributed by atoms with Crippen LogP contribution in [0.15, 0.2) is 40.2 Å². The second-order valence-corrected chi connectivity index (χ2v) is 8.63. The molecular weight excluding hydrogens is 412 g/mol. The molecule has 4 rings (SSSR count). The quantitative estimate of drug-likeness (QED) is 0.568. The van der Waals surface area contributed by atoms with Crippen molar-refractivity contribution in [2.24, 2.45) is 23.7 Å². The molecule has 170 valence electrons. The Bertz CT molecular complexity index is 1060. The van der Waals surface area contributed by atoms with Crippen molar-refractivity contribution in [1.82, 2.24) is 15.1 Å². The van der Waals surface area contributed by atoms with E-state index in [-0.39, 0.29) is 35.7 Å². The first-order chi connectivity index (χ1) is 15.3. The maximum Gasteiger partial charge on any atom is 0.307 e. The number of aryl methyl sites for hydroxylation is 1. The number of amides is 2. The number of aliphatic carboxylic acids is 1. The summed E-state index contributed by atoms with van der Waals surface area (Å²) in [4.78, 5) is 38.1. The van der Waals surface area contributed by atoms with E-state index in [4.69, 9.17) is 4.42 Å². The molecule has 2 saturated carbocycles. The van der Waals surface area contributed by atoms with Crippen molar-refractivity contribution < 1.29 is 23.9 Å². The number of hydrogen-bond donors (Lipinski definition) is 3. The fraction of sp³-hybridized carbons (Fsp3) is 0.478. The topological polar surface area (TPSA) is 126 Å². The van der Waals surface area contributed by atoms with Gasteiger partial charge in [0.2, 0.25) is 5.91 Å². The fourth-order valence-electron chi connectivity index (χ4n) is 5.33. The lowest BCUT2D eigenvalue weighted by molar-refractivity contribution is -0.148. The molecule has 2 bridgehead atoms. The van der Waals surface area contributed by atoms with Crippen LogP contribution in [0.5, 0.6) is 0 Å². The number of fused-ring (bicyclic) bond motifs is 2. The Hall–Kier alpha value is -3.36.